The van der Waals surface area contributed by atoms with Crippen molar-refractivity contribution >= 4 is 9.84 Å². The van der Waals surface area contributed by atoms with Crippen LogP contribution in [0.3, 0.4) is 0 Å². The van der Waals surface area contributed by atoms with Crippen LogP contribution in [0.25, 0.3) is 0 Å². The molecule has 0 saturated heterocycles. The highest BCUT2D eigenvalue weighted by atomic mass is 32.2. The number of benzene rings is 2. The van der Waals surface area contributed by atoms with E-state index in [-0.39, 0.29) is 4.90 Å². The van der Waals surface area contributed by atoms with Crippen LogP contribution < -0.4 is 0 Å². The second kappa shape index (κ2) is 5.86. The van der Waals surface area contributed by atoms with Gasteiger partial charge in [0, 0.05) is 0 Å². The predicted molar refractivity (Wildman–Crippen MR) is 86.2 cm³/mol. The summed E-state index contributed by atoms with van der Waals surface area (Å²) in [6, 6.07) is 17.6. The molecule has 2 atom stereocenters. The maximum Gasteiger partial charge on any atom is 0.184 e. The van der Waals surface area contributed by atoms with Crippen molar-refractivity contribution in [2.75, 3.05) is 0 Å². The van der Waals surface area contributed by atoms with Gasteiger partial charge in [0.1, 0.15) is 5.60 Å². The summed E-state index contributed by atoms with van der Waals surface area (Å²) in [6.07, 6.45) is 2.63. The zero-order valence-electron chi connectivity index (χ0n) is 12.4. The summed E-state index contributed by atoms with van der Waals surface area (Å²) in [5.41, 5.74) is -0.618. The van der Waals surface area contributed by atoms with E-state index < -0.39 is 20.7 Å². The molecule has 116 valence electrons. The minimum atomic E-state index is -3.57. The predicted octanol–water partition coefficient (Wildman–Crippen LogP) is 3.29. The number of sulfone groups is 1. The molecule has 0 spiro atoms. The fraction of sp³-hybridized carbons (Fsp3) is 0.333. The molecule has 0 radical (unpaired) electrons. The smallest absolute Gasteiger partial charge is 0.184 e. The van der Waals surface area contributed by atoms with E-state index in [9.17, 15) is 13.5 Å². The Morgan fingerprint density at radius 3 is 2.14 bits per heavy atom. The van der Waals surface area contributed by atoms with Crippen LogP contribution in [-0.4, -0.2) is 18.8 Å². The van der Waals surface area contributed by atoms with Crippen LogP contribution in [-0.2, 0) is 15.4 Å². The summed E-state index contributed by atoms with van der Waals surface area (Å²) in [6.45, 7) is 0. The van der Waals surface area contributed by atoms with Gasteiger partial charge < -0.3 is 5.11 Å². The molecule has 4 heteroatoms. The van der Waals surface area contributed by atoms with Gasteiger partial charge in [-0.3, -0.25) is 0 Å². The Morgan fingerprint density at radius 1 is 0.909 bits per heavy atom. The molecule has 0 heterocycles. The average Bonchev–Trinajstić information content (AvgIpc) is 2.57. The van der Waals surface area contributed by atoms with Crippen LogP contribution in [0, 0.1) is 0 Å². The molecule has 1 aliphatic rings. The SMILES string of the molecule is O=S(=O)(c1ccccc1)C1CCCCC1(O)c1ccccc1. The van der Waals surface area contributed by atoms with E-state index in [1.807, 2.05) is 30.3 Å². The summed E-state index contributed by atoms with van der Waals surface area (Å²) in [5.74, 6) is 0. The quantitative estimate of drug-likeness (QED) is 0.945. The van der Waals surface area contributed by atoms with Crippen LogP contribution in [0.4, 0.5) is 0 Å². The first-order valence-corrected chi connectivity index (χ1v) is 9.16. The fourth-order valence-corrected chi connectivity index (χ4v) is 5.48. The Morgan fingerprint density at radius 2 is 1.50 bits per heavy atom. The third-order valence-corrected chi connectivity index (χ3v) is 6.83. The summed E-state index contributed by atoms with van der Waals surface area (Å²) in [4.78, 5) is 0.288. The van der Waals surface area contributed by atoms with Crippen molar-refractivity contribution in [3.05, 3.63) is 66.2 Å². The van der Waals surface area contributed by atoms with Crippen molar-refractivity contribution in [3.63, 3.8) is 0 Å². The van der Waals surface area contributed by atoms with Gasteiger partial charge in [-0.1, -0.05) is 61.4 Å². The van der Waals surface area contributed by atoms with Crippen LogP contribution in [0.15, 0.2) is 65.6 Å². The monoisotopic (exact) mass is 316 g/mol. The van der Waals surface area contributed by atoms with Gasteiger partial charge in [0.25, 0.3) is 0 Å². The molecule has 0 bridgehead atoms. The summed E-state index contributed by atoms with van der Waals surface area (Å²) < 4.78 is 26.0. The van der Waals surface area contributed by atoms with Crippen molar-refractivity contribution in [3.8, 4) is 0 Å². The maximum atomic E-state index is 13.0. The molecule has 1 saturated carbocycles. The van der Waals surface area contributed by atoms with Crippen molar-refractivity contribution in [1.82, 2.24) is 0 Å². The van der Waals surface area contributed by atoms with Gasteiger partial charge in [0.2, 0.25) is 0 Å². The third-order valence-electron chi connectivity index (χ3n) is 4.53. The summed E-state index contributed by atoms with van der Waals surface area (Å²) in [7, 11) is -3.57. The second-order valence-electron chi connectivity index (χ2n) is 5.88. The van der Waals surface area contributed by atoms with Crippen LogP contribution in [0.5, 0.6) is 0 Å². The highest BCUT2D eigenvalue weighted by Crippen LogP contribution is 2.42. The van der Waals surface area contributed by atoms with Crippen LogP contribution >= 0.6 is 0 Å². The molecule has 0 aliphatic heterocycles. The van der Waals surface area contributed by atoms with E-state index in [2.05, 4.69) is 0 Å². The zero-order chi connectivity index (χ0) is 15.6. The lowest BCUT2D eigenvalue weighted by Crippen LogP contribution is -2.46. The molecule has 3 nitrogen and oxygen atoms in total. The van der Waals surface area contributed by atoms with E-state index in [0.29, 0.717) is 18.4 Å². The molecular weight excluding hydrogens is 296 g/mol. The standard InChI is InChI=1S/C18H20O3S/c19-18(15-9-3-1-4-10-15)14-8-7-13-17(18)22(20,21)16-11-5-2-6-12-16/h1-6,9-12,17,19H,7-8,13-14H2. The lowest BCUT2D eigenvalue weighted by molar-refractivity contribution is 0.00341. The van der Waals surface area contributed by atoms with Crippen LogP contribution in [0.1, 0.15) is 31.2 Å². The average molecular weight is 316 g/mol. The normalized spacial score (nSPS) is 25.8. The molecule has 1 fully saturated rings. The van der Waals surface area contributed by atoms with Gasteiger partial charge in [-0.15, -0.1) is 0 Å². The first kappa shape index (κ1) is 15.3. The molecule has 0 aromatic heterocycles. The van der Waals surface area contributed by atoms with Crippen molar-refractivity contribution < 1.29 is 13.5 Å². The third kappa shape index (κ3) is 2.57. The topological polar surface area (TPSA) is 54.4 Å². The molecule has 3 rings (SSSR count). The molecule has 1 N–H and O–H groups in total. The fourth-order valence-electron chi connectivity index (χ4n) is 3.37. The maximum absolute atomic E-state index is 13.0. The molecule has 2 unspecified atom stereocenters. The summed E-state index contributed by atoms with van der Waals surface area (Å²) >= 11 is 0. The molecule has 2 aromatic rings. The molecule has 0 amide bonds. The minimum absolute atomic E-state index is 0.288. The first-order chi connectivity index (χ1) is 10.5. The Labute approximate surface area is 131 Å². The van der Waals surface area contributed by atoms with E-state index in [4.69, 9.17) is 0 Å². The van der Waals surface area contributed by atoms with Gasteiger partial charge in [-0.05, 0) is 30.5 Å². The minimum Gasteiger partial charge on any atom is -0.384 e. The lowest BCUT2D eigenvalue weighted by Gasteiger charge is -2.39. The Bertz CT molecular complexity index is 725. The zero-order valence-corrected chi connectivity index (χ0v) is 13.2. The van der Waals surface area contributed by atoms with E-state index in [1.54, 1.807) is 30.3 Å². The number of rotatable bonds is 3. The second-order valence-corrected chi connectivity index (χ2v) is 8.01. The van der Waals surface area contributed by atoms with Gasteiger partial charge in [0.15, 0.2) is 9.84 Å². The Kier molecular flexibility index (Phi) is 4.06. The number of aliphatic hydroxyl groups is 1. The van der Waals surface area contributed by atoms with Crippen molar-refractivity contribution in [1.29, 1.82) is 0 Å². The van der Waals surface area contributed by atoms with E-state index >= 15 is 0 Å². The van der Waals surface area contributed by atoms with Gasteiger partial charge in [-0.2, -0.15) is 0 Å². The Balaban J connectivity index is 2.08. The van der Waals surface area contributed by atoms with Crippen molar-refractivity contribution in [2.24, 2.45) is 0 Å². The molecule has 2 aromatic carbocycles. The van der Waals surface area contributed by atoms with Gasteiger partial charge >= 0.3 is 0 Å². The molecule has 22 heavy (non-hydrogen) atoms. The Hall–Kier alpha value is -1.65. The summed E-state index contributed by atoms with van der Waals surface area (Å²) in [5, 5.41) is 10.4. The van der Waals surface area contributed by atoms with Gasteiger partial charge in [0.05, 0.1) is 10.1 Å². The highest BCUT2D eigenvalue weighted by Gasteiger charge is 2.47. The molecule has 1 aliphatic carbocycles. The number of hydrogen-bond donors (Lipinski definition) is 1. The largest absolute Gasteiger partial charge is 0.384 e. The lowest BCUT2D eigenvalue weighted by atomic mass is 9.79. The van der Waals surface area contributed by atoms with E-state index in [1.165, 1.54) is 0 Å². The van der Waals surface area contributed by atoms with Gasteiger partial charge in [-0.25, -0.2) is 8.42 Å². The van der Waals surface area contributed by atoms with Crippen molar-refractivity contribution in [2.45, 2.75) is 41.4 Å². The number of hydrogen-bond acceptors (Lipinski definition) is 3. The highest BCUT2D eigenvalue weighted by molar-refractivity contribution is 7.92. The first-order valence-electron chi connectivity index (χ1n) is 7.62. The molecular formula is C18H20O3S. The van der Waals surface area contributed by atoms with E-state index in [0.717, 1.165) is 12.8 Å². The van der Waals surface area contributed by atoms with Crippen LogP contribution in [0.2, 0.25) is 0 Å².